The van der Waals surface area contributed by atoms with Gasteiger partial charge in [0.25, 0.3) is 5.91 Å². The van der Waals surface area contributed by atoms with E-state index in [0.717, 1.165) is 24.3 Å². The van der Waals surface area contributed by atoms with E-state index >= 15 is 0 Å². The maximum Gasteiger partial charge on any atom is 0.260 e. The lowest BCUT2D eigenvalue weighted by Crippen LogP contribution is -2.41. The van der Waals surface area contributed by atoms with Crippen molar-refractivity contribution in [1.29, 1.82) is 0 Å². The van der Waals surface area contributed by atoms with Crippen LogP contribution in [0.25, 0.3) is 0 Å². The first kappa shape index (κ1) is 16.2. The first-order chi connectivity index (χ1) is 9.97. The molecule has 1 saturated carbocycles. The van der Waals surface area contributed by atoms with Gasteiger partial charge in [0.2, 0.25) is 0 Å². The van der Waals surface area contributed by atoms with Crippen molar-refractivity contribution in [3.8, 4) is 5.75 Å². The molecule has 0 atom stereocenters. The third-order valence-corrected chi connectivity index (χ3v) is 4.68. The molecule has 0 spiro atoms. The molecule has 0 heterocycles. The number of hydrogen-bond donors (Lipinski definition) is 0. The van der Waals surface area contributed by atoms with Gasteiger partial charge in [-0.1, -0.05) is 24.6 Å². The summed E-state index contributed by atoms with van der Waals surface area (Å²) in [6.45, 7) is 4.30. The number of nitrogens with zero attached hydrogens (tertiary/aromatic N) is 1. The molecule has 1 aromatic carbocycles. The van der Waals surface area contributed by atoms with E-state index in [1.807, 2.05) is 31.0 Å². The van der Waals surface area contributed by atoms with E-state index in [0.29, 0.717) is 16.8 Å². The van der Waals surface area contributed by atoms with Crippen molar-refractivity contribution in [3.05, 3.63) is 28.8 Å². The zero-order chi connectivity index (χ0) is 15.4. The van der Waals surface area contributed by atoms with Crippen molar-refractivity contribution in [1.82, 2.24) is 4.90 Å². The number of carbonyl (C=O) groups excluding carboxylic acids is 1. The molecule has 0 radical (unpaired) electrons. The lowest BCUT2D eigenvalue weighted by atomic mass is 9.87. The molecule has 1 fully saturated rings. The lowest BCUT2D eigenvalue weighted by Gasteiger charge is -2.33. The van der Waals surface area contributed by atoms with Crippen molar-refractivity contribution in [2.75, 3.05) is 13.7 Å². The standard InChI is InChI=1S/C17H24ClNO2/c1-12-4-7-14(8-5-12)19(3)17(20)11-21-16-10-13(2)6-9-15(16)18/h6,9-10,12,14H,4-5,7-8,11H2,1-3H3. The van der Waals surface area contributed by atoms with Crippen LogP contribution >= 0.6 is 11.6 Å². The third-order valence-electron chi connectivity index (χ3n) is 4.36. The van der Waals surface area contributed by atoms with Crippen LogP contribution in [0, 0.1) is 12.8 Å². The molecule has 0 bridgehead atoms. The van der Waals surface area contributed by atoms with Crippen LogP contribution in [0.4, 0.5) is 0 Å². The quantitative estimate of drug-likeness (QED) is 0.839. The molecule has 1 amide bonds. The van der Waals surface area contributed by atoms with Crippen molar-refractivity contribution in [2.45, 2.75) is 45.6 Å². The van der Waals surface area contributed by atoms with Gasteiger partial charge in [0.1, 0.15) is 5.75 Å². The third kappa shape index (κ3) is 4.37. The Morgan fingerprint density at radius 1 is 1.33 bits per heavy atom. The molecule has 0 N–H and O–H groups in total. The number of carbonyl (C=O) groups is 1. The van der Waals surface area contributed by atoms with Crippen LogP contribution in [0.5, 0.6) is 5.75 Å². The minimum Gasteiger partial charge on any atom is -0.482 e. The number of ether oxygens (including phenoxy) is 1. The number of halogens is 1. The summed E-state index contributed by atoms with van der Waals surface area (Å²) >= 11 is 6.07. The van der Waals surface area contributed by atoms with Crippen LogP contribution in [0.15, 0.2) is 18.2 Å². The second kappa shape index (κ2) is 7.17. The van der Waals surface area contributed by atoms with E-state index in [9.17, 15) is 4.79 Å². The Bertz CT molecular complexity index is 496. The van der Waals surface area contributed by atoms with Crippen LogP contribution in [0.3, 0.4) is 0 Å². The summed E-state index contributed by atoms with van der Waals surface area (Å²) in [5.74, 6) is 1.38. The predicted molar refractivity (Wildman–Crippen MR) is 85.9 cm³/mol. The maximum atomic E-state index is 12.3. The van der Waals surface area contributed by atoms with E-state index in [-0.39, 0.29) is 12.5 Å². The second-order valence-corrected chi connectivity index (χ2v) is 6.55. The minimum absolute atomic E-state index is 0.0205. The molecule has 0 unspecified atom stereocenters. The Morgan fingerprint density at radius 2 is 2.00 bits per heavy atom. The van der Waals surface area contributed by atoms with Gasteiger partial charge in [-0.2, -0.15) is 0 Å². The largest absolute Gasteiger partial charge is 0.482 e. The number of rotatable bonds is 4. The van der Waals surface area contributed by atoms with E-state index in [4.69, 9.17) is 16.3 Å². The number of benzene rings is 1. The van der Waals surface area contributed by atoms with Crippen LogP contribution in [0.1, 0.15) is 38.2 Å². The predicted octanol–water partition coefficient (Wildman–Crippen LogP) is 4.06. The van der Waals surface area contributed by atoms with Crippen LogP contribution in [-0.2, 0) is 4.79 Å². The van der Waals surface area contributed by atoms with Gasteiger partial charge in [-0.15, -0.1) is 0 Å². The fourth-order valence-corrected chi connectivity index (χ4v) is 2.97. The molecule has 0 saturated heterocycles. The summed E-state index contributed by atoms with van der Waals surface area (Å²) in [5.41, 5.74) is 1.07. The highest BCUT2D eigenvalue weighted by atomic mass is 35.5. The van der Waals surface area contributed by atoms with Crippen LogP contribution in [0.2, 0.25) is 5.02 Å². The Labute approximate surface area is 132 Å². The van der Waals surface area contributed by atoms with Gasteiger partial charge in [0.05, 0.1) is 5.02 Å². The number of aryl methyl sites for hydroxylation is 1. The average Bonchev–Trinajstić information content (AvgIpc) is 2.48. The molecular weight excluding hydrogens is 286 g/mol. The first-order valence-electron chi connectivity index (χ1n) is 7.62. The first-order valence-corrected chi connectivity index (χ1v) is 7.99. The van der Waals surface area contributed by atoms with Crippen LogP contribution < -0.4 is 4.74 Å². The SMILES string of the molecule is Cc1ccc(Cl)c(OCC(=O)N(C)C2CCC(C)CC2)c1. The lowest BCUT2D eigenvalue weighted by molar-refractivity contribution is -0.134. The normalized spacial score (nSPS) is 21.9. The highest BCUT2D eigenvalue weighted by Gasteiger charge is 2.25. The molecule has 2 rings (SSSR count). The van der Waals surface area contributed by atoms with Crippen molar-refractivity contribution in [2.24, 2.45) is 5.92 Å². The molecule has 4 heteroatoms. The van der Waals surface area contributed by atoms with E-state index in [1.165, 1.54) is 12.8 Å². The van der Waals surface area contributed by atoms with Crippen LogP contribution in [-0.4, -0.2) is 30.5 Å². The summed E-state index contributed by atoms with van der Waals surface area (Å²) in [4.78, 5) is 14.1. The Kier molecular flexibility index (Phi) is 5.51. The van der Waals surface area contributed by atoms with E-state index in [1.54, 1.807) is 6.07 Å². The molecule has 1 aromatic rings. The number of hydrogen-bond acceptors (Lipinski definition) is 2. The highest BCUT2D eigenvalue weighted by Crippen LogP contribution is 2.27. The fraction of sp³-hybridized carbons (Fsp3) is 0.588. The van der Waals surface area contributed by atoms with Crippen molar-refractivity contribution in [3.63, 3.8) is 0 Å². The second-order valence-electron chi connectivity index (χ2n) is 6.14. The highest BCUT2D eigenvalue weighted by molar-refractivity contribution is 6.32. The molecule has 3 nitrogen and oxygen atoms in total. The van der Waals surface area contributed by atoms with Gasteiger partial charge in [-0.05, 0) is 56.2 Å². The van der Waals surface area contributed by atoms with Gasteiger partial charge in [-0.3, -0.25) is 4.79 Å². The topological polar surface area (TPSA) is 29.5 Å². The molecule has 0 aliphatic heterocycles. The molecule has 1 aliphatic carbocycles. The smallest absolute Gasteiger partial charge is 0.260 e. The minimum atomic E-state index is 0.0205. The molecular formula is C17H24ClNO2. The summed E-state index contributed by atoms with van der Waals surface area (Å²) in [7, 11) is 1.88. The Morgan fingerprint density at radius 3 is 2.67 bits per heavy atom. The van der Waals surface area contributed by atoms with Gasteiger partial charge in [0.15, 0.2) is 6.61 Å². The van der Waals surface area contributed by atoms with Gasteiger partial charge >= 0.3 is 0 Å². The number of amides is 1. The van der Waals surface area contributed by atoms with Gasteiger partial charge in [-0.25, -0.2) is 0 Å². The van der Waals surface area contributed by atoms with Crippen molar-refractivity contribution >= 4 is 17.5 Å². The monoisotopic (exact) mass is 309 g/mol. The summed E-state index contributed by atoms with van der Waals surface area (Å²) < 4.78 is 5.59. The molecule has 1 aliphatic rings. The van der Waals surface area contributed by atoms with Gasteiger partial charge < -0.3 is 9.64 Å². The molecule has 21 heavy (non-hydrogen) atoms. The Balaban J connectivity index is 1.87. The van der Waals surface area contributed by atoms with E-state index in [2.05, 4.69) is 6.92 Å². The van der Waals surface area contributed by atoms with E-state index < -0.39 is 0 Å². The summed E-state index contributed by atoms with van der Waals surface area (Å²) in [5, 5.41) is 0.544. The zero-order valence-electron chi connectivity index (χ0n) is 13.1. The fourth-order valence-electron chi connectivity index (χ4n) is 2.80. The summed E-state index contributed by atoms with van der Waals surface area (Å²) in [6, 6.07) is 5.93. The van der Waals surface area contributed by atoms with Gasteiger partial charge in [0, 0.05) is 13.1 Å². The molecule has 0 aromatic heterocycles. The van der Waals surface area contributed by atoms with Crippen molar-refractivity contribution < 1.29 is 9.53 Å². The summed E-state index contributed by atoms with van der Waals surface area (Å²) in [6.07, 6.45) is 4.59. The zero-order valence-corrected chi connectivity index (χ0v) is 13.8. The maximum absolute atomic E-state index is 12.3. The molecule has 116 valence electrons. The Hall–Kier alpha value is -1.22. The average molecular weight is 310 g/mol. The number of likely N-dealkylation sites (N-methyl/N-ethyl adjacent to an activating group) is 1.